The highest BCUT2D eigenvalue weighted by Crippen LogP contribution is 2.17. The summed E-state index contributed by atoms with van der Waals surface area (Å²) in [7, 11) is 0. The minimum atomic E-state index is -0.201. The standard InChI is InChI=1S/C12H16BrNO2/c1-3-16-8-10-6-4-5-7-11(10)14-12(15)9(2)13/h4-7,9H,3,8H2,1-2H3,(H,14,15). The quantitative estimate of drug-likeness (QED) is 0.845. The molecular formula is C12H16BrNO2. The Labute approximate surface area is 104 Å². The zero-order chi connectivity index (χ0) is 12.0. The monoisotopic (exact) mass is 285 g/mol. The van der Waals surface area contributed by atoms with Crippen molar-refractivity contribution in [3.8, 4) is 0 Å². The maximum Gasteiger partial charge on any atom is 0.237 e. The van der Waals surface area contributed by atoms with Gasteiger partial charge in [-0.1, -0.05) is 34.1 Å². The molecule has 0 heterocycles. The Bertz CT molecular complexity index is 353. The number of alkyl halides is 1. The lowest BCUT2D eigenvalue weighted by Crippen LogP contribution is -2.20. The molecule has 16 heavy (non-hydrogen) atoms. The molecule has 1 aromatic carbocycles. The van der Waals surface area contributed by atoms with Gasteiger partial charge in [-0.05, 0) is 19.9 Å². The topological polar surface area (TPSA) is 38.3 Å². The summed E-state index contributed by atoms with van der Waals surface area (Å²) in [5, 5.41) is 2.85. The number of carbonyl (C=O) groups excluding carboxylic acids is 1. The van der Waals surface area contributed by atoms with Crippen molar-refractivity contribution < 1.29 is 9.53 Å². The number of hydrogen-bond donors (Lipinski definition) is 1. The summed E-state index contributed by atoms with van der Waals surface area (Å²) >= 11 is 3.23. The molecule has 1 rings (SSSR count). The third kappa shape index (κ3) is 3.94. The molecule has 0 aliphatic rings. The van der Waals surface area contributed by atoms with Crippen LogP contribution < -0.4 is 5.32 Å². The minimum Gasteiger partial charge on any atom is -0.377 e. The average molecular weight is 286 g/mol. The summed E-state index contributed by atoms with van der Waals surface area (Å²) in [5.41, 5.74) is 1.80. The summed E-state index contributed by atoms with van der Waals surface area (Å²) in [6, 6.07) is 7.65. The van der Waals surface area contributed by atoms with Crippen molar-refractivity contribution in [1.82, 2.24) is 0 Å². The van der Waals surface area contributed by atoms with Crippen molar-refractivity contribution >= 4 is 27.5 Å². The molecule has 1 atom stereocenters. The maximum atomic E-state index is 11.5. The van der Waals surface area contributed by atoms with E-state index in [9.17, 15) is 4.79 Å². The van der Waals surface area contributed by atoms with E-state index in [1.807, 2.05) is 31.2 Å². The first-order valence-corrected chi connectivity index (χ1v) is 6.17. The Morgan fingerprint density at radius 2 is 2.19 bits per heavy atom. The van der Waals surface area contributed by atoms with Crippen molar-refractivity contribution in [3.63, 3.8) is 0 Å². The van der Waals surface area contributed by atoms with Crippen molar-refractivity contribution in [2.75, 3.05) is 11.9 Å². The lowest BCUT2D eigenvalue weighted by atomic mass is 10.2. The number of hydrogen-bond acceptors (Lipinski definition) is 2. The van der Waals surface area contributed by atoms with Gasteiger partial charge >= 0.3 is 0 Å². The van der Waals surface area contributed by atoms with E-state index >= 15 is 0 Å². The number of anilines is 1. The van der Waals surface area contributed by atoms with Crippen LogP contribution in [0, 0.1) is 0 Å². The molecule has 3 nitrogen and oxygen atoms in total. The molecular weight excluding hydrogens is 270 g/mol. The highest BCUT2D eigenvalue weighted by atomic mass is 79.9. The summed E-state index contributed by atoms with van der Waals surface area (Å²) in [6.45, 7) is 4.92. The molecule has 0 spiro atoms. The van der Waals surface area contributed by atoms with Gasteiger partial charge < -0.3 is 10.1 Å². The molecule has 0 bridgehead atoms. The van der Waals surface area contributed by atoms with Crippen molar-refractivity contribution in [2.24, 2.45) is 0 Å². The van der Waals surface area contributed by atoms with Crippen molar-refractivity contribution in [2.45, 2.75) is 25.3 Å². The van der Waals surface area contributed by atoms with E-state index in [4.69, 9.17) is 4.74 Å². The van der Waals surface area contributed by atoms with Crippen LogP contribution in [0.1, 0.15) is 19.4 Å². The van der Waals surface area contributed by atoms with Crippen molar-refractivity contribution in [3.05, 3.63) is 29.8 Å². The van der Waals surface area contributed by atoms with Gasteiger partial charge in [0.25, 0.3) is 0 Å². The van der Waals surface area contributed by atoms with E-state index in [1.54, 1.807) is 6.92 Å². The first kappa shape index (κ1) is 13.2. The van der Waals surface area contributed by atoms with Gasteiger partial charge in [0.1, 0.15) is 0 Å². The van der Waals surface area contributed by atoms with Gasteiger partial charge in [-0.3, -0.25) is 4.79 Å². The number of carbonyl (C=O) groups is 1. The van der Waals surface area contributed by atoms with Crippen LogP contribution in [-0.2, 0) is 16.1 Å². The summed E-state index contributed by atoms with van der Waals surface area (Å²) < 4.78 is 5.34. The van der Waals surface area contributed by atoms with Crippen LogP contribution in [0.25, 0.3) is 0 Å². The van der Waals surface area contributed by atoms with Crippen LogP contribution in [-0.4, -0.2) is 17.3 Å². The fourth-order valence-electron chi connectivity index (χ4n) is 1.21. The molecule has 0 radical (unpaired) electrons. The molecule has 1 unspecified atom stereocenters. The second-order valence-corrected chi connectivity index (χ2v) is 4.77. The highest BCUT2D eigenvalue weighted by Gasteiger charge is 2.10. The Morgan fingerprint density at radius 3 is 2.81 bits per heavy atom. The molecule has 0 aliphatic carbocycles. The minimum absolute atomic E-state index is 0.0519. The van der Waals surface area contributed by atoms with Crippen LogP contribution in [0.2, 0.25) is 0 Å². The normalized spacial score (nSPS) is 12.2. The molecule has 0 fully saturated rings. The van der Waals surface area contributed by atoms with Gasteiger partial charge in [0.05, 0.1) is 11.4 Å². The van der Waals surface area contributed by atoms with Crippen molar-refractivity contribution in [1.29, 1.82) is 0 Å². The second-order valence-electron chi connectivity index (χ2n) is 3.40. The SMILES string of the molecule is CCOCc1ccccc1NC(=O)C(C)Br. The lowest BCUT2D eigenvalue weighted by molar-refractivity contribution is -0.115. The molecule has 0 saturated carbocycles. The summed E-state index contributed by atoms with van der Waals surface area (Å²) in [5.74, 6) is -0.0519. The first-order chi connectivity index (χ1) is 7.65. The second kappa shape index (κ2) is 6.66. The Kier molecular flexibility index (Phi) is 5.49. The molecule has 0 aliphatic heterocycles. The third-order valence-electron chi connectivity index (χ3n) is 2.10. The smallest absolute Gasteiger partial charge is 0.237 e. The predicted octanol–water partition coefficient (Wildman–Crippen LogP) is 2.95. The van der Waals surface area contributed by atoms with E-state index in [0.29, 0.717) is 13.2 Å². The number of para-hydroxylation sites is 1. The fraction of sp³-hybridized carbons (Fsp3) is 0.417. The van der Waals surface area contributed by atoms with Crippen LogP contribution in [0.3, 0.4) is 0 Å². The molecule has 0 saturated heterocycles. The molecule has 1 amide bonds. The van der Waals surface area contributed by atoms with Crippen LogP contribution in [0.15, 0.2) is 24.3 Å². The van der Waals surface area contributed by atoms with Crippen LogP contribution in [0.5, 0.6) is 0 Å². The zero-order valence-electron chi connectivity index (χ0n) is 9.50. The summed E-state index contributed by atoms with van der Waals surface area (Å²) in [6.07, 6.45) is 0. The Morgan fingerprint density at radius 1 is 1.50 bits per heavy atom. The zero-order valence-corrected chi connectivity index (χ0v) is 11.1. The first-order valence-electron chi connectivity index (χ1n) is 5.25. The third-order valence-corrected chi connectivity index (χ3v) is 2.51. The number of nitrogens with one attached hydrogen (secondary N) is 1. The highest BCUT2D eigenvalue weighted by molar-refractivity contribution is 9.10. The van der Waals surface area contributed by atoms with Crippen LogP contribution >= 0.6 is 15.9 Å². The largest absolute Gasteiger partial charge is 0.377 e. The molecule has 1 N–H and O–H groups in total. The number of benzene rings is 1. The molecule has 88 valence electrons. The van der Waals surface area contributed by atoms with Gasteiger partial charge in [-0.15, -0.1) is 0 Å². The molecule has 0 aromatic heterocycles. The van der Waals surface area contributed by atoms with E-state index in [0.717, 1.165) is 11.3 Å². The van der Waals surface area contributed by atoms with E-state index in [1.165, 1.54) is 0 Å². The Balaban J connectivity index is 2.74. The molecule has 4 heteroatoms. The molecule has 1 aromatic rings. The number of rotatable bonds is 5. The van der Waals surface area contributed by atoms with E-state index in [2.05, 4.69) is 21.2 Å². The van der Waals surface area contributed by atoms with Crippen LogP contribution in [0.4, 0.5) is 5.69 Å². The van der Waals surface area contributed by atoms with Gasteiger partial charge in [-0.2, -0.15) is 0 Å². The lowest BCUT2D eigenvalue weighted by Gasteiger charge is -2.11. The predicted molar refractivity (Wildman–Crippen MR) is 68.8 cm³/mol. The number of amides is 1. The maximum absolute atomic E-state index is 11.5. The fourth-order valence-corrected chi connectivity index (χ4v) is 1.33. The Hall–Kier alpha value is -0.870. The summed E-state index contributed by atoms with van der Waals surface area (Å²) in [4.78, 5) is 11.3. The van der Waals surface area contributed by atoms with Gasteiger partial charge in [-0.25, -0.2) is 0 Å². The van der Waals surface area contributed by atoms with Gasteiger partial charge in [0.2, 0.25) is 5.91 Å². The average Bonchev–Trinajstić information content (AvgIpc) is 2.27. The van der Waals surface area contributed by atoms with E-state index in [-0.39, 0.29) is 10.7 Å². The van der Waals surface area contributed by atoms with Gasteiger partial charge in [0.15, 0.2) is 0 Å². The van der Waals surface area contributed by atoms with E-state index < -0.39 is 0 Å². The number of ether oxygens (including phenoxy) is 1. The van der Waals surface area contributed by atoms with Gasteiger partial charge in [0, 0.05) is 17.9 Å². The number of halogens is 1.